The molecule has 1 fully saturated rings. The molecule has 14 heteroatoms. The van der Waals surface area contributed by atoms with Crippen molar-refractivity contribution in [1.29, 1.82) is 0 Å². The monoisotopic (exact) mass is 558 g/mol. The molecule has 0 aromatic heterocycles. The van der Waals surface area contributed by atoms with Crippen LogP contribution >= 0.6 is 0 Å². The Bertz CT molecular complexity index is 1170. The number of hydrogen-bond acceptors (Lipinski definition) is 13. The summed E-state index contributed by atoms with van der Waals surface area (Å²) in [6, 6.07) is 5.61. The molecule has 0 radical (unpaired) electrons. The van der Waals surface area contributed by atoms with Gasteiger partial charge in [-0.25, -0.2) is 8.42 Å². The number of ether oxygens (including phenoxy) is 6. The number of aryl methyl sites for hydroxylation is 1. The van der Waals surface area contributed by atoms with Gasteiger partial charge in [-0.05, 0) is 19.1 Å². The molecule has 0 aliphatic carbocycles. The van der Waals surface area contributed by atoms with Crippen LogP contribution in [0.5, 0.6) is 0 Å². The molecule has 13 nitrogen and oxygen atoms in total. The van der Waals surface area contributed by atoms with E-state index in [1.807, 2.05) is 0 Å². The number of hydrogen-bond donors (Lipinski definition) is 0. The lowest BCUT2D eigenvalue weighted by Crippen LogP contribution is -2.54. The van der Waals surface area contributed by atoms with Crippen molar-refractivity contribution < 1.29 is 60.8 Å². The highest BCUT2D eigenvalue weighted by Crippen LogP contribution is 2.52. The first-order chi connectivity index (χ1) is 17.6. The summed E-state index contributed by atoms with van der Waals surface area (Å²) >= 11 is 0. The predicted octanol–water partition coefficient (Wildman–Crippen LogP) is 0.785. The number of carbonyl (C=O) groups excluding carboxylic acids is 5. The summed E-state index contributed by atoms with van der Waals surface area (Å²) in [5.74, 6) is -4.28. The molecule has 0 spiro atoms. The maximum absolute atomic E-state index is 14.1. The van der Waals surface area contributed by atoms with Crippen LogP contribution in [0.2, 0.25) is 0 Å². The molecular weight excluding hydrogens is 528 g/mol. The third kappa shape index (κ3) is 7.28. The van der Waals surface area contributed by atoms with Gasteiger partial charge in [-0.2, -0.15) is 0 Å². The average molecular weight is 559 g/mol. The minimum Gasteiger partial charge on any atom is -0.462 e. The van der Waals surface area contributed by atoms with Gasteiger partial charge in [0, 0.05) is 34.6 Å². The van der Waals surface area contributed by atoms with E-state index in [2.05, 4.69) is 0 Å². The van der Waals surface area contributed by atoms with E-state index in [1.165, 1.54) is 24.3 Å². The van der Waals surface area contributed by atoms with Crippen molar-refractivity contribution in [1.82, 2.24) is 0 Å². The summed E-state index contributed by atoms with van der Waals surface area (Å²) in [7, 11) is -4.64. The van der Waals surface area contributed by atoms with Crippen LogP contribution in [-0.2, 0) is 62.2 Å². The lowest BCUT2D eigenvalue weighted by atomic mass is 10.0. The van der Waals surface area contributed by atoms with Crippen molar-refractivity contribution >= 4 is 39.7 Å². The van der Waals surface area contributed by atoms with E-state index in [9.17, 15) is 32.4 Å². The van der Waals surface area contributed by atoms with Crippen LogP contribution in [-0.4, -0.2) is 80.8 Å². The Morgan fingerprint density at radius 2 is 1.29 bits per heavy atom. The van der Waals surface area contributed by atoms with Gasteiger partial charge >= 0.3 is 29.8 Å². The summed E-state index contributed by atoms with van der Waals surface area (Å²) in [5, 5.41) is 0. The highest BCUT2D eigenvalue weighted by Gasteiger charge is 2.77. The zero-order valence-corrected chi connectivity index (χ0v) is 22.6. The molecule has 0 bridgehead atoms. The Morgan fingerprint density at radius 1 is 0.789 bits per heavy atom. The average Bonchev–Trinajstić information content (AvgIpc) is 3.54. The minimum atomic E-state index is -4.64. The van der Waals surface area contributed by atoms with Gasteiger partial charge in [0.2, 0.25) is 14.8 Å². The predicted molar refractivity (Wildman–Crippen MR) is 126 cm³/mol. The van der Waals surface area contributed by atoms with Gasteiger partial charge in [0.15, 0.2) is 18.3 Å². The molecule has 5 atom stereocenters. The Morgan fingerprint density at radius 3 is 1.76 bits per heavy atom. The van der Waals surface area contributed by atoms with Crippen molar-refractivity contribution in [3.63, 3.8) is 0 Å². The van der Waals surface area contributed by atoms with Crippen molar-refractivity contribution in [2.24, 2.45) is 0 Å². The second-order valence-corrected chi connectivity index (χ2v) is 10.6. The SMILES string of the molecule is CC(=O)OC[C@H](OC(C)=O)[C@@H]1O[C@]1([C@H](OC(C)=O)[C@@H](COC(C)=O)OC(C)=O)S(=O)(=O)c1ccc(C)cc1. The number of benzene rings is 1. The van der Waals surface area contributed by atoms with Crippen LogP contribution in [0.1, 0.15) is 40.2 Å². The van der Waals surface area contributed by atoms with E-state index in [4.69, 9.17) is 28.4 Å². The fraction of sp³-hybridized carbons (Fsp3) is 0.542. The fourth-order valence-corrected chi connectivity index (χ4v) is 5.84. The molecule has 1 aliphatic heterocycles. The third-order valence-corrected chi connectivity index (χ3v) is 7.60. The van der Waals surface area contributed by atoms with Crippen molar-refractivity contribution in [3.8, 4) is 0 Å². The lowest BCUT2D eigenvalue weighted by Gasteiger charge is -2.31. The molecule has 1 aliphatic rings. The number of carbonyl (C=O) groups is 5. The van der Waals surface area contributed by atoms with Crippen LogP contribution in [0, 0.1) is 6.92 Å². The largest absolute Gasteiger partial charge is 0.462 e. The molecule has 0 amide bonds. The molecule has 1 aromatic rings. The molecule has 1 heterocycles. The van der Waals surface area contributed by atoms with Crippen LogP contribution < -0.4 is 0 Å². The summed E-state index contributed by atoms with van der Waals surface area (Å²) in [4.78, 5) is 56.1. The zero-order valence-electron chi connectivity index (χ0n) is 21.7. The number of esters is 5. The number of epoxide rings is 1. The third-order valence-electron chi connectivity index (χ3n) is 5.30. The fourth-order valence-electron chi connectivity index (χ4n) is 3.79. The second kappa shape index (κ2) is 12.3. The number of rotatable bonds is 12. The van der Waals surface area contributed by atoms with Gasteiger partial charge in [0.25, 0.3) is 0 Å². The molecule has 1 aromatic carbocycles. The van der Waals surface area contributed by atoms with Crippen LogP contribution in [0.15, 0.2) is 29.2 Å². The molecule has 210 valence electrons. The Balaban J connectivity index is 2.74. The molecular formula is C24H30O13S. The maximum Gasteiger partial charge on any atom is 0.303 e. The molecule has 38 heavy (non-hydrogen) atoms. The van der Waals surface area contributed by atoms with E-state index in [0.717, 1.165) is 40.2 Å². The smallest absolute Gasteiger partial charge is 0.303 e. The highest BCUT2D eigenvalue weighted by molar-refractivity contribution is 7.93. The molecule has 0 N–H and O–H groups in total. The quantitative estimate of drug-likeness (QED) is 0.200. The van der Waals surface area contributed by atoms with Gasteiger partial charge in [0.05, 0.1) is 4.90 Å². The second-order valence-electron chi connectivity index (χ2n) is 8.51. The van der Waals surface area contributed by atoms with Crippen LogP contribution in [0.3, 0.4) is 0 Å². The van der Waals surface area contributed by atoms with Gasteiger partial charge < -0.3 is 28.4 Å². The van der Waals surface area contributed by atoms with Crippen molar-refractivity contribution in [2.45, 2.75) is 75.8 Å². The standard InChI is InChI=1S/C24H30O13S/c1-13-7-9-19(10-8-13)38(30,31)24(23(37-24)21(35-17(5)28)12-33-15(3)26)22(36-18(6)29)20(34-16(4)27)11-32-14(2)25/h7-10,20-23H,11-12H2,1-6H3/t20-,21+,22-,23+,24-/m1/s1. The Labute approximate surface area is 219 Å². The van der Waals surface area contributed by atoms with Gasteiger partial charge in [-0.1, -0.05) is 17.7 Å². The van der Waals surface area contributed by atoms with E-state index in [1.54, 1.807) is 6.92 Å². The zero-order chi connectivity index (χ0) is 28.8. The minimum absolute atomic E-state index is 0.258. The molecule has 0 saturated carbocycles. The van der Waals surface area contributed by atoms with Gasteiger partial charge in [-0.15, -0.1) is 0 Å². The first-order valence-corrected chi connectivity index (χ1v) is 12.9. The molecule has 2 rings (SSSR count). The number of sulfone groups is 1. The van der Waals surface area contributed by atoms with E-state index < -0.39 is 82.2 Å². The summed E-state index contributed by atoms with van der Waals surface area (Å²) in [5.41, 5.74) is 0.739. The van der Waals surface area contributed by atoms with Crippen LogP contribution in [0.25, 0.3) is 0 Å². The molecule has 1 saturated heterocycles. The lowest BCUT2D eigenvalue weighted by molar-refractivity contribution is -0.176. The van der Waals surface area contributed by atoms with E-state index >= 15 is 0 Å². The summed E-state index contributed by atoms with van der Waals surface area (Å²) in [6.07, 6.45) is -6.59. The normalized spacial score (nSPS) is 20.7. The first kappa shape index (κ1) is 30.7. The van der Waals surface area contributed by atoms with Crippen molar-refractivity contribution in [3.05, 3.63) is 29.8 Å². The van der Waals surface area contributed by atoms with E-state index in [0.29, 0.717) is 0 Å². The summed E-state index contributed by atoms with van der Waals surface area (Å²) < 4.78 is 59.6. The van der Waals surface area contributed by atoms with Crippen molar-refractivity contribution in [2.75, 3.05) is 13.2 Å². The first-order valence-electron chi connectivity index (χ1n) is 11.4. The molecule has 0 unspecified atom stereocenters. The maximum atomic E-state index is 14.1. The highest BCUT2D eigenvalue weighted by atomic mass is 32.2. The Hall–Kier alpha value is -3.52. The van der Waals surface area contributed by atoms with E-state index in [-0.39, 0.29) is 4.90 Å². The van der Waals surface area contributed by atoms with Gasteiger partial charge in [-0.3, -0.25) is 24.0 Å². The summed E-state index contributed by atoms with van der Waals surface area (Å²) in [6.45, 7) is 5.64. The van der Waals surface area contributed by atoms with Gasteiger partial charge in [0.1, 0.15) is 19.3 Å². The van der Waals surface area contributed by atoms with Crippen LogP contribution in [0.4, 0.5) is 0 Å². The Kier molecular flexibility index (Phi) is 9.98. The topological polar surface area (TPSA) is 178 Å².